The summed E-state index contributed by atoms with van der Waals surface area (Å²) < 4.78 is 18.6. The largest absolute Gasteiger partial charge is 0.474 e. The van der Waals surface area contributed by atoms with Gasteiger partial charge in [0.05, 0.1) is 4.92 Å². The fourth-order valence-electron chi connectivity index (χ4n) is 2.27. The minimum Gasteiger partial charge on any atom is -0.474 e. The molecule has 7 heteroatoms. The molecular formula is C18H19FN2O4. The van der Waals surface area contributed by atoms with Gasteiger partial charge in [0.25, 0.3) is 5.91 Å². The number of nitrogens with one attached hydrogen (secondary N) is 1. The Kier molecular flexibility index (Phi) is 6.05. The molecule has 0 radical (unpaired) electrons. The fraction of sp³-hybridized carbons (Fsp3) is 0.278. The Morgan fingerprint density at radius 3 is 2.56 bits per heavy atom. The number of rotatable bonds is 7. The molecule has 0 aromatic heterocycles. The minimum atomic E-state index is -0.997. The Morgan fingerprint density at radius 2 is 1.92 bits per heavy atom. The van der Waals surface area contributed by atoms with Crippen molar-refractivity contribution in [2.45, 2.75) is 25.9 Å². The van der Waals surface area contributed by atoms with Crippen molar-refractivity contribution in [3.05, 3.63) is 70.0 Å². The zero-order valence-corrected chi connectivity index (χ0v) is 13.9. The van der Waals surface area contributed by atoms with Gasteiger partial charge >= 0.3 is 5.69 Å². The maximum absolute atomic E-state index is 13.3. The predicted octanol–water partition coefficient (Wildman–Crippen LogP) is 3.42. The molecule has 0 aliphatic rings. The summed E-state index contributed by atoms with van der Waals surface area (Å²) in [5.41, 5.74) is 0.691. The van der Waals surface area contributed by atoms with Crippen LogP contribution in [-0.2, 0) is 4.79 Å². The Bertz CT molecular complexity index is 752. The standard InChI is InChI=1S/C18H19FN2O4/c1-12(14-6-4-3-5-7-14)11-20-18(22)13(2)25-17-10-15(19)8-9-16(17)21(23)24/h3-10,12-13H,11H2,1-2H3,(H,20,22)/t12-,13+/m0/s1. The number of carbonyl (C=O) groups is 1. The van der Waals surface area contributed by atoms with E-state index < -0.39 is 28.4 Å². The van der Waals surface area contributed by atoms with Crippen LogP contribution in [0.2, 0.25) is 0 Å². The van der Waals surface area contributed by atoms with Crippen LogP contribution in [0.25, 0.3) is 0 Å². The van der Waals surface area contributed by atoms with E-state index >= 15 is 0 Å². The molecule has 0 fully saturated rings. The van der Waals surface area contributed by atoms with Gasteiger partial charge in [0.1, 0.15) is 5.82 Å². The van der Waals surface area contributed by atoms with E-state index in [0.717, 1.165) is 23.8 Å². The van der Waals surface area contributed by atoms with Crippen LogP contribution in [0.15, 0.2) is 48.5 Å². The van der Waals surface area contributed by atoms with E-state index in [1.807, 2.05) is 37.3 Å². The van der Waals surface area contributed by atoms with Crippen LogP contribution in [0, 0.1) is 15.9 Å². The third-order valence-electron chi connectivity index (χ3n) is 3.74. The fourth-order valence-corrected chi connectivity index (χ4v) is 2.27. The van der Waals surface area contributed by atoms with Gasteiger partial charge in [0.15, 0.2) is 6.10 Å². The number of carbonyl (C=O) groups excluding carboxylic acids is 1. The second-order valence-corrected chi connectivity index (χ2v) is 5.69. The number of hydrogen-bond acceptors (Lipinski definition) is 4. The van der Waals surface area contributed by atoms with E-state index in [0.29, 0.717) is 6.54 Å². The first-order chi connectivity index (χ1) is 11.9. The van der Waals surface area contributed by atoms with Gasteiger partial charge in [-0.05, 0) is 24.5 Å². The van der Waals surface area contributed by atoms with Crippen molar-refractivity contribution >= 4 is 11.6 Å². The molecule has 2 aromatic rings. The molecule has 2 atom stereocenters. The number of hydrogen-bond donors (Lipinski definition) is 1. The summed E-state index contributed by atoms with van der Waals surface area (Å²) in [4.78, 5) is 22.4. The van der Waals surface area contributed by atoms with Gasteiger partial charge < -0.3 is 10.1 Å². The monoisotopic (exact) mass is 346 g/mol. The summed E-state index contributed by atoms with van der Waals surface area (Å²) in [6.07, 6.45) is -0.997. The highest BCUT2D eigenvalue weighted by Gasteiger charge is 2.22. The van der Waals surface area contributed by atoms with E-state index in [9.17, 15) is 19.3 Å². The first-order valence-corrected chi connectivity index (χ1v) is 7.81. The van der Waals surface area contributed by atoms with E-state index in [1.54, 1.807) is 0 Å². The third-order valence-corrected chi connectivity index (χ3v) is 3.74. The molecule has 2 aromatic carbocycles. The number of benzene rings is 2. The van der Waals surface area contributed by atoms with Crippen LogP contribution in [-0.4, -0.2) is 23.5 Å². The van der Waals surface area contributed by atoms with Crippen molar-refractivity contribution in [2.24, 2.45) is 0 Å². The molecule has 2 rings (SSSR count). The summed E-state index contributed by atoms with van der Waals surface area (Å²) in [7, 11) is 0. The van der Waals surface area contributed by atoms with Gasteiger partial charge in [0.2, 0.25) is 5.75 Å². The quantitative estimate of drug-likeness (QED) is 0.615. The first kappa shape index (κ1) is 18.4. The second-order valence-electron chi connectivity index (χ2n) is 5.69. The van der Waals surface area contributed by atoms with Crippen molar-refractivity contribution in [3.8, 4) is 5.75 Å². The Hall–Kier alpha value is -2.96. The number of nitro groups is 1. The molecule has 25 heavy (non-hydrogen) atoms. The lowest BCUT2D eigenvalue weighted by molar-refractivity contribution is -0.386. The van der Waals surface area contributed by atoms with E-state index in [1.165, 1.54) is 6.92 Å². The van der Waals surface area contributed by atoms with Crippen LogP contribution in [0.3, 0.4) is 0 Å². The van der Waals surface area contributed by atoms with Gasteiger partial charge in [-0.15, -0.1) is 0 Å². The number of halogens is 1. The van der Waals surface area contributed by atoms with Gasteiger partial charge in [-0.1, -0.05) is 37.3 Å². The summed E-state index contributed by atoms with van der Waals surface area (Å²) in [6, 6.07) is 12.6. The molecule has 0 bridgehead atoms. The lowest BCUT2D eigenvalue weighted by Gasteiger charge is -2.17. The molecule has 0 saturated heterocycles. The van der Waals surface area contributed by atoms with Crippen molar-refractivity contribution in [3.63, 3.8) is 0 Å². The highest BCUT2D eigenvalue weighted by molar-refractivity contribution is 5.80. The van der Waals surface area contributed by atoms with Crippen LogP contribution in [0.4, 0.5) is 10.1 Å². The lowest BCUT2D eigenvalue weighted by Crippen LogP contribution is -2.38. The van der Waals surface area contributed by atoms with Gasteiger partial charge in [-0.25, -0.2) is 4.39 Å². The number of ether oxygens (including phenoxy) is 1. The molecule has 1 amide bonds. The number of nitrogens with zero attached hydrogens (tertiary/aromatic N) is 1. The Balaban J connectivity index is 1.97. The molecule has 6 nitrogen and oxygen atoms in total. The Morgan fingerprint density at radius 1 is 1.24 bits per heavy atom. The second kappa shape index (κ2) is 8.23. The van der Waals surface area contributed by atoms with Crippen LogP contribution in [0.1, 0.15) is 25.3 Å². The average Bonchev–Trinajstić information content (AvgIpc) is 2.59. The normalized spacial score (nSPS) is 12.9. The molecule has 132 valence electrons. The minimum absolute atomic E-state index is 0.0980. The zero-order valence-electron chi connectivity index (χ0n) is 13.9. The molecule has 0 heterocycles. The molecule has 1 N–H and O–H groups in total. The SMILES string of the molecule is C[C@@H](Oc1cc(F)ccc1[N+](=O)[O-])C(=O)NC[C@H](C)c1ccccc1. The van der Waals surface area contributed by atoms with Crippen molar-refractivity contribution in [1.82, 2.24) is 5.32 Å². The number of nitro benzene ring substituents is 1. The maximum atomic E-state index is 13.3. The molecule has 0 aliphatic heterocycles. The van der Waals surface area contributed by atoms with Crippen LogP contribution < -0.4 is 10.1 Å². The molecule has 0 spiro atoms. The molecular weight excluding hydrogens is 327 g/mol. The van der Waals surface area contributed by atoms with Crippen LogP contribution in [0.5, 0.6) is 5.75 Å². The zero-order chi connectivity index (χ0) is 18.4. The van der Waals surface area contributed by atoms with E-state index in [2.05, 4.69) is 5.32 Å². The molecule has 0 aliphatic carbocycles. The van der Waals surface area contributed by atoms with Gasteiger partial charge in [-0.2, -0.15) is 0 Å². The smallest absolute Gasteiger partial charge is 0.311 e. The summed E-state index contributed by atoms with van der Waals surface area (Å²) in [5, 5.41) is 13.7. The summed E-state index contributed by atoms with van der Waals surface area (Å²) >= 11 is 0. The van der Waals surface area contributed by atoms with E-state index in [4.69, 9.17) is 4.74 Å². The van der Waals surface area contributed by atoms with Gasteiger partial charge in [-0.3, -0.25) is 14.9 Å². The third kappa shape index (κ3) is 5.00. The first-order valence-electron chi connectivity index (χ1n) is 7.81. The summed E-state index contributed by atoms with van der Waals surface area (Å²) in [5.74, 6) is -1.28. The maximum Gasteiger partial charge on any atom is 0.311 e. The van der Waals surface area contributed by atoms with Crippen molar-refractivity contribution in [2.75, 3.05) is 6.54 Å². The molecule has 0 saturated carbocycles. The number of amides is 1. The Labute approximate surface area is 144 Å². The lowest BCUT2D eigenvalue weighted by atomic mass is 10.0. The highest BCUT2D eigenvalue weighted by Crippen LogP contribution is 2.28. The summed E-state index contributed by atoms with van der Waals surface area (Å²) in [6.45, 7) is 3.82. The highest BCUT2D eigenvalue weighted by atomic mass is 19.1. The van der Waals surface area contributed by atoms with Crippen molar-refractivity contribution < 1.29 is 18.8 Å². The molecule has 0 unspecified atom stereocenters. The van der Waals surface area contributed by atoms with E-state index in [-0.39, 0.29) is 11.7 Å². The predicted molar refractivity (Wildman–Crippen MR) is 91.0 cm³/mol. The average molecular weight is 346 g/mol. The topological polar surface area (TPSA) is 81.5 Å². The van der Waals surface area contributed by atoms with Crippen LogP contribution >= 0.6 is 0 Å². The van der Waals surface area contributed by atoms with Gasteiger partial charge in [0, 0.05) is 18.7 Å². The van der Waals surface area contributed by atoms with Crippen molar-refractivity contribution in [1.29, 1.82) is 0 Å².